The van der Waals surface area contributed by atoms with Crippen LogP contribution >= 0.6 is 0 Å². The van der Waals surface area contributed by atoms with Crippen molar-refractivity contribution in [3.8, 4) is 11.1 Å². The lowest BCUT2D eigenvalue weighted by atomic mass is 10.1. The first-order chi connectivity index (χ1) is 8.09. The number of rotatable bonds is 3. The van der Waals surface area contributed by atoms with Crippen LogP contribution in [0.4, 0.5) is 11.5 Å². The van der Waals surface area contributed by atoms with Crippen molar-refractivity contribution in [2.24, 2.45) is 0 Å². The average molecular weight is 233 g/mol. The first-order valence-electron chi connectivity index (χ1n) is 4.96. The second-order valence-corrected chi connectivity index (χ2v) is 3.75. The van der Waals surface area contributed by atoms with Gasteiger partial charge in [0.05, 0.1) is 0 Å². The van der Waals surface area contributed by atoms with E-state index in [0.29, 0.717) is 11.1 Å². The molecule has 0 saturated carbocycles. The lowest BCUT2D eigenvalue weighted by Gasteiger charge is -2.11. The van der Waals surface area contributed by atoms with Gasteiger partial charge in [0.15, 0.2) is 11.4 Å². The molecule has 0 spiro atoms. The van der Waals surface area contributed by atoms with Crippen LogP contribution in [0.2, 0.25) is 0 Å². The van der Waals surface area contributed by atoms with Gasteiger partial charge in [0.25, 0.3) is 0 Å². The maximum absolute atomic E-state index is 10.7. The number of aromatic nitrogens is 1. The van der Waals surface area contributed by atoms with Crippen molar-refractivity contribution in [2.45, 2.75) is 0 Å². The monoisotopic (exact) mass is 233 g/mol. The summed E-state index contributed by atoms with van der Waals surface area (Å²) in [6, 6.07) is 7.36. The fraction of sp³-hybridized carbons (Fsp3) is 0.182. The summed E-state index contributed by atoms with van der Waals surface area (Å²) in [5.74, 6) is -0.261. The molecule has 0 unspecified atom stereocenters. The molecule has 0 aliphatic carbocycles. The van der Waals surface area contributed by atoms with Crippen molar-refractivity contribution >= 4 is 11.5 Å². The second-order valence-electron chi connectivity index (χ2n) is 3.75. The molecule has 1 aromatic carbocycles. The van der Waals surface area contributed by atoms with Gasteiger partial charge in [-0.1, -0.05) is 12.1 Å². The van der Waals surface area contributed by atoms with Gasteiger partial charge in [-0.3, -0.25) is 4.52 Å². The van der Waals surface area contributed by atoms with Gasteiger partial charge in [-0.2, -0.15) is 0 Å². The zero-order valence-electron chi connectivity index (χ0n) is 9.45. The van der Waals surface area contributed by atoms with Crippen molar-refractivity contribution < 1.29 is 9.45 Å². The van der Waals surface area contributed by atoms with Crippen LogP contribution in [-0.4, -0.2) is 24.2 Å². The van der Waals surface area contributed by atoms with Crippen molar-refractivity contribution in [2.75, 3.05) is 19.0 Å². The van der Waals surface area contributed by atoms with Crippen LogP contribution in [0.25, 0.3) is 11.1 Å². The van der Waals surface area contributed by atoms with Crippen LogP contribution < -0.4 is 4.90 Å². The highest BCUT2D eigenvalue weighted by Crippen LogP contribution is 2.29. The highest BCUT2D eigenvalue weighted by Gasteiger charge is 2.20. The summed E-state index contributed by atoms with van der Waals surface area (Å²) in [4.78, 5) is 12.1. The van der Waals surface area contributed by atoms with E-state index in [-0.39, 0.29) is 5.82 Å². The van der Waals surface area contributed by atoms with Gasteiger partial charge in [0.1, 0.15) is 5.56 Å². The molecule has 2 rings (SSSR count). The molecule has 0 aliphatic heterocycles. The number of nitro groups is 1. The third kappa shape index (κ3) is 2.10. The first-order valence-corrected chi connectivity index (χ1v) is 4.96. The Morgan fingerprint density at radius 2 is 1.94 bits per heavy atom. The zero-order valence-corrected chi connectivity index (χ0v) is 9.45. The van der Waals surface area contributed by atoms with Gasteiger partial charge in [-0.25, -0.2) is 0 Å². The number of benzene rings is 1. The normalized spacial score (nSPS) is 10.2. The molecule has 1 heterocycles. The molecule has 0 bridgehead atoms. The maximum Gasteiger partial charge on any atom is 0.421 e. The van der Waals surface area contributed by atoms with Gasteiger partial charge >= 0.3 is 5.82 Å². The van der Waals surface area contributed by atoms with E-state index in [1.54, 1.807) is 12.1 Å². The Morgan fingerprint density at radius 1 is 1.29 bits per heavy atom. The van der Waals surface area contributed by atoms with E-state index < -0.39 is 4.92 Å². The van der Waals surface area contributed by atoms with E-state index in [9.17, 15) is 10.1 Å². The average Bonchev–Trinajstić information content (AvgIpc) is 2.78. The summed E-state index contributed by atoms with van der Waals surface area (Å²) in [6.45, 7) is 0. The zero-order chi connectivity index (χ0) is 12.4. The molecule has 6 heteroatoms. The van der Waals surface area contributed by atoms with Crippen molar-refractivity contribution in [3.63, 3.8) is 0 Å². The number of hydrogen-bond donors (Lipinski definition) is 0. The quantitative estimate of drug-likeness (QED) is 0.600. The van der Waals surface area contributed by atoms with E-state index in [4.69, 9.17) is 0 Å². The largest absolute Gasteiger partial charge is 0.421 e. The van der Waals surface area contributed by atoms with E-state index in [1.807, 2.05) is 31.1 Å². The molecule has 0 amide bonds. The standard InChI is InChI=1S/C11H11N3O3/c1-13(2)9-5-3-8(4-6-9)10-7-17-12-11(10)14(15)16/h3-7H,1-2H3. The third-order valence-electron chi connectivity index (χ3n) is 2.42. The first kappa shape index (κ1) is 11.1. The SMILES string of the molecule is CN(C)c1ccc(-c2conc2[N+](=O)[O-])cc1. The molecule has 0 fully saturated rings. The molecular formula is C11H11N3O3. The lowest BCUT2D eigenvalue weighted by Crippen LogP contribution is -2.07. The van der Waals surface area contributed by atoms with Crippen LogP contribution in [0, 0.1) is 10.1 Å². The van der Waals surface area contributed by atoms with Gasteiger partial charge in [0.2, 0.25) is 0 Å². The Bertz CT molecular complexity index is 531. The molecule has 88 valence electrons. The lowest BCUT2D eigenvalue weighted by molar-refractivity contribution is -0.390. The molecule has 0 N–H and O–H groups in total. The molecule has 0 radical (unpaired) electrons. The Labute approximate surface area is 97.6 Å². The number of anilines is 1. The fourth-order valence-electron chi connectivity index (χ4n) is 1.50. The molecule has 0 saturated heterocycles. The van der Waals surface area contributed by atoms with Crippen LogP contribution in [0.5, 0.6) is 0 Å². The number of hydrogen-bond acceptors (Lipinski definition) is 5. The molecule has 1 aromatic heterocycles. The van der Waals surface area contributed by atoms with Crippen molar-refractivity contribution in [1.82, 2.24) is 5.16 Å². The topological polar surface area (TPSA) is 72.4 Å². The summed E-state index contributed by atoms with van der Waals surface area (Å²) in [6.07, 6.45) is 1.28. The summed E-state index contributed by atoms with van der Waals surface area (Å²) in [5, 5.41) is 14.1. The Hall–Kier alpha value is -2.37. The maximum atomic E-state index is 10.7. The summed E-state index contributed by atoms with van der Waals surface area (Å²) in [7, 11) is 3.85. The predicted molar refractivity (Wildman–Crippen MR) is 62.9 cm³/mol. The molecule has 0 atom stereocenters. The van der Waals surface area contributed by atoms with Gasteiger partial charge < -0.3 is 15.0 Å². The van der Waals surface area contributed by atoms with Crippen molar-refractivity contribution in [3.05, 3.63) is 40.6 Å². The molecule has 17 heavy (non-hydrogen) atoms. The summed E-state index contributed by atoms with van der Waals surface area (Å²) in [5.41, 5.74) is 2.12. The highest BCUT2D eigenvalue weighted by molar-refractivity contribution is 5.71. The van der Waals surface area contributed by atoms with E-state index in [1.165, 1.54) is 6.26 Å². The third-order valence-corrected chi connectivity index (χ3v) is 2.42. The predicted octanol–water partition coefficient (Wildman–Crippen LogP) is 2.32. The summed E-state index contributed by atoms with van der Waals surface area (Å²) >= 11 is 0. The van der Waals surface area contributed by atoms with Crippen LogP contribution in [0.1, 0.15) is 0 Å². The second kappa shape index (κ2) is 4.25. The van der Waals surface area contributed by atoms with E-state index in [0.717, 1.165) is 5.69 Å². The van der Waals surface area contributed by atoms with Crippen LogP contribution in [0.3, 0.4) is 0 Å². The molecular weight excluding hydrogens is 222 g/mol. The van der Waals surface area contributed by atoms with E-state index >= 15 is 0 Å². The smallest absolute Gasteiger partial charge is 0.378 e. The van der Waals surface area contributed by atoms with Gasteiger partial charge in [-0.05, 0) is 22.6 Å². The number of nitrogens with zero attached hydrogens (tertiary/aromatic N) is 3. The minimum absolute atomic E-state index is 0.261. The fourth-order valence-corrected chi connectivity index (χ4v) is 1.50. The van der Waals surface area contributed by atoms with Crippen molar-refractivity contribution in [1.29, 1.82) is 0 Å². The Kier molecular flexibility index (Phi) is 2.78. The molecule has 2 aromatic rings. The Morgan fingerprint density at radius 3 is 2.47 bits per heavy atom. The van der Waals surface area contributed by atoms with E-state index in [2.05, 4.69) is 9.68 Å². The minimum atomic E-state index is -0.557. The Balaban J connectivity index is 2.40. The highest BCUT2D eigenvalue weighted by atomic mass is 16.6. The van der Waals surface area contributed by atoms with Gasteiger partial charge in [0, 0.05) is 19.8 Å². The van der Waals surface area contributed by atoms with Crippen LogP contribution in [0.15, 0.2) is 35.1 Å². The van der Waals surface area contributed by atoms with Crippen LogP contribution in [-0.2, 0) is 0 Å². The summed E-state index contributed by atoms with van der Waals surface area (Å²) < 4.78 is 4.64. The molecule has 0 aliphatic rings. The van der Waals surface area contributed by atoms with Gasteiger partial charge in [-0.15, -0.1) is 0 Å². The molecule has 6 nitrogen and oxygen atoms in total. The minimum Gasteiger partial charge on any atom is -0.378 e.